The summed E-state index contributed by atoms with van der Waals surface area (Å²) in [5, 5.41) is 13.1. The molecule has 3 aromatic rings. The van der Waals surface area contributed by atoms with E-state index in [2.05, 4.69) is 27.4 Å². The van der Waals surface area contributed by atoms with Crippen LogP contribution in [0.3, 0.4) is 0 Å². The lowest BCUT2D eigenvalue weighted by Gasteiger charge is -2.06. The van der Waals surface area contributed by atoms with E-state index < -0.39 is 5.91 Å². The van der Waals surface area contributed by atoms with Gasteiger partial charge in [-0.15, -0.1) is 0 Å². The van der Waals surface area contributed by atoms with E-state index in [1.54, 1.807) is 11.6 Å². The average Bonchev–Trinajstić information content (AvgIpc) is 3.13. The van der Waals surface area contributed by atoms with Crippen LogP contribution in [0.15, 0.2) is 54.9 Å². The molecule has 0 aliphatic rings. The first kappa shape index (κ1) is 16.9. The molecular weight excluding hydrogens is 316 g/mol. The Morgan fingerprint density at radius 1 is 1.20 bits per heavy atom. The average molecular weight is 336 g/mol. The van der Waals surface area contributed by atoms with E-state index in [1.807, 2.05) is 36.7 Å². The van der Waals surface area contributed by atoms with Crippen molar-refractivity contribution in [3.63, 3.8) is 0 Å². The number of amides is 1. The van der Waals surface area contributed by atoms with Gasteiger partial charge in [0.05, 0.1) is 0 Å². The molecule has 0 spiro atoms. The Morgan fingerprint density at radius 2 is 2.04 bits per heavy atom. The Morgan fingerprint density at radius 3 is 2.84 bits per heavy atom. The molecule has 0 bridgehead atoms. The third-order valence-electron chi connectivity index (χ3n) is 3.97. The Bertz CT molecular complexity index is 869. The topological polar surface area (TPSA) is 90.0 Å². The summed E-state index contributed by atoms with van der Waals surface area (Å²) >= 11 is 0. The van der Waals surface area contributed by atoms with Crippen molar-refractivity contribution >= 4 is 23.0 Å². The second kappa shape index (κ2) is 8.23. The molecule has 4 N–H and O–H groups in total. The maximum absolute atomic E-state index is 10.9. The van der Waals surface area contributed by atoms with E-state index in [-0.39, 0.29) is 0 Å². The number of carbonyl (C=O) groups excluding carboxylic acids is 1. The van der Waals surface area contributed by atoms with Crippen molar-refractivity contribution in [3.8, 4) is 0 Å². The molecule has 1 aromatic carbocycles. The van der Waals surface area contributed by atoms with Crippen LogP contribution in [0, 0.1) is 0 Å². The van der Waals surface area contributed by atoms with Gasteiger partial charge < -0.3 is 10.3 Å². The van der Waals surface area contributed by atoms with Crippen LogP contribution >= 0.6 is 0 Å². The first-order valence-corrected chi connectivity index (χ1v) is 8.09. The first-order valence-electron chi connectivity index (χ1n) is 8.09. The van der Waals surface area contributed by atoms with E-state index in [0.717, 1.165) is 30.7 Å². The minimum atomic E-state index is -0.543. The van der Waals surface area contributed by atoms with Crippen LogP contribution in [0.5, 0.6) is 0 Å². The number of hydrogen-bond acceptors (Lipinski definition) is 4. The molecule has 0 saturated heterocycles. The van der Waals surface area contributed by atoms with Crippen LogP contribution in [0.4, 0.5) is 0 Å². The number of hydrogen-bond donors (Lipinski definition) is 4. The number of rotatable bonds is 7. The molecule has 6 heteroatoms. The monoisotopic (exact) mass is 336 g/mol. The number of hydroxylamine groups is 1. The number of nitrogens with zero attached hydrogens (tertiary/aromatic N) is 1. The van der Waals surface area contributed by atoms with Gasteiger partial charge in [-0.1, -0.05) is 24.3 Å². The van der Waals surface area contributed by atoms with Gasteiger partial charge in [-0.3, -0.25) is 10.0 Å². The summed E-state index contributed by atoms with van der Waals surface area (Å²) in [5.41, 5.74) is 5.84. The molecule has 128 valence electrons. The van der Waals surface area contributed by atoms with Gasteiger partial charge in [0.1, 0.15) is 5.65 Å². The molecule has 0 radical (unpaired) electrons. The van der Waals surface area contributed by atoms with E-state index in [9.17, 15) is 4.79 Å². The van der Waals surface area contributed by atoms with Gasteiger partial charge in [0, 0.05) is 30.4 Å². The summed E-state index contributed by atoms with van der Waals surface area (Å²) in [6.07, 6.45) is 7.61. The molecule has 3 rings (SSSR count). The molecule has 2 aromatic heterocycles. The standard InChI is InChI=1S/C19H20N4O2/c24-18(23-25)6-5-14-1-3-15(4-2-14)13-20-10-7-16-8-11-21-19-17(16)9-12-22-19/h1-6,8-9,11-12,20,25H,7,10,13H2,(H,21,22)(H,23,24)/b6-5+. The summed E-state index contributed by atoms with van der Waals surface area (Å²) in [7, 11) is 0. The van der Waals surface area contributed by atoms with Crippen molar-refractivity contribution in [1.82, 2.24) is 20.8 Å². The quantitative estimate of drug-likeness (QED) is 0.231. The Balaban J connectivity index is 1.48. The normalized spacial score (nSPS) is 11.2. The lowest BCUT2D eigenvalue weighted by Crippen LogP contribution is -2.16. The summed E-state index contributed by atoms with van der Waals surface area (Å²) in [4.78, 5) is 18.4. The molecular formula is C19H20N4O2. The maximum atomic E-state index is 10.9. The van der Waals surface area contributed by atoms with Gasteiger partial charge in [-0.2, -0.15) is 0 Å². The Kier molecular flexibility index (Phi) is 5.56. The lowest BCUT2D eigenvalue weighted by atomic mass is 10.1. The summed E-state index contributed by atoms with van der Waals surface area (Å²) in [6.45, 7) is 1.66. The molecule has 1 amide bonds. The zero-order chi connectivity index (χ0) is 17.5. The molecule has 0 unspecified atom stereocenters. The Labute approximate surface area is 145 Å². The highest BCUT2D eigenvalue weighted by Gasteiger charge is 2.02. The number of nitrogens with one attached hydrogen (secondary N) is 3. The molecule has 0 aliphatic heterocycles. The van der Waals surface area contributed by atoms with Gasteiger partial charge in [-0.05, 0) is 47.9 Å². The maximum Gasteiger partial charge on any atom is 0.267 e. The van der Waals surface area contributed by atoms with Crippen molar-refractivity contribution in [3.05, 3.63) is 71.6 Å². The number of aromatic amines is 1. The van der Waals surface area contributed by atoms with E-state index in [4.69, 9.17) is 5.21 Å². The first-order chi connectivity index (χ1) is 12.3. The number of aromatic nitrogens is 2. The minimum absolute atomic E-state index is 0.543. The summed E-state index contributed by atoms with van der Waals surface area (Å²) in [6, 6.07) is 12.0. The highest BCUT2D eigenvalue weighted by atomic mass is 16.5. The van der Waals surface area contributed by atoms with Gasteiger partial charge >= 0.3 is 0 Å². The van der Waals surface area contributed by atoms with Crippen molar-refractivity contribution in [2.45, 2.75) is 13.0 Å². The number of fused-ring (bicyclic) bond motifs is 1. The fourth-order valence-corrected chi connectivity index (χ4v) is 2.65. The Hall–Kier alpha value is -2.96. The van der Waals surface area contributed by atoms with E-state index in [0.29, 0.717) is 0 Å². The predicted octanol–water partition coefficient (Wildman–Crippen LogP) is 2.41. The summed E-state index contributed by atoms with van der Waals surface area (Å²) in [5.74, 6) is -0.543. The van der Waals surface area contributed by atoms with Crippen LogP contribution in [0.2, 0.25) is 0 Å². The molecule has 25 heavy (non-hydrogen) atoms. The second-order valence-electron chi connectivity index (χ2n) is 5.69. The molecule has 6 nitrogen and oxygen atoms in total. The van der Waals surface area contributed by atoms with Crippen molar-refractivity contribution in [1.29, 1.82) is 0 Å². The zero-order valence-electron chi connectivity index (χ0n) is 13.7. The molecule has 2 heterocycles. The van der Waals surface area contributed by atoms with Crippen LogP contribution in [0.1, 0.15) is 16.7 Å². The third kappa shape index (κ3) is 4.53. The second-order valence-corrected chi connectivity index (χ2v) is 5.69. The minimum Gasteiger partial charge on any atom is -0.346 e. The van der Waals surface area contributed by atoms with Crippen molar-refractivity contribution in [2.24, 2.45) is 0 Å². The highest BCUT2D eigenvalue weighted by molar-refractivity contribution is 5.90. The summed E-state index contributed by atoms with van der Waals surface area (Å²) < 4.78 is 0. The van der Waals surface area contributed by atoms with Crippen LogP contribution in [-0.4, -0.2) is 27.6 Å². The van der Waals surface area contributed by atoms with Gasteiger partial charge in [-0.25, -0.2) is 10.5 Å². The smallest absolute Gasteiger partial charge is 0.267 e. The SMILES string of the molecule is O=C(/C=C/c1ccc(CNCCc2ccnc3[nH]ccc23)cc1)NO. The fourth-order valence-electron chi connectivity index (χ4n) is 2.65. The van der Waals surface area contributed by atoms with Gasteiger partial charge in [0.15, 0.2) is 0 Å². The largest absolute Gasteiger partial charge is 0.346 e. The highest BCUT2D eigenvalue weighted by Crippen LogP contribution is 2.15. The predicted molar refractivity (Wildman–Crippen MR) is 96.9 cm³/mol. The van der Waals surface area contributed by atoms with E-state index in [1.165, 1.54) is 22.6 Å². The number of pyridine rings is 1. The number of carbonyl (C=O) groups is 1. The van der Waals surface area contributed by atoms with E-state index >= 15 is 0 Å². The molecule has 0 atom stereocenters. The van der Waals surface area contributed by atoms with Gasteiger partial charge in [0.25, 0.3) is 5.91 Å². The van der Waals surface area contributed by atoms with Crippen LogP contribution in [0.25, 0.3) is 17.1 Å². The molecule has 0 saturated carbocycles. The molecule has 0 aliphatic carbocycles. The van der Waals surface area contributed by atoms with Gasteiger partial charge in [0.2, 0.25) is 0 Å². The van der Waals surface area contributed by atoms with Crippen molar-refractivity contribution in [2.75, 3.05) is 6.54 Å². The number of H-pyrrole nitrogens is 1. The fraction of sp³-hybridized carbons (Fsp3) is 0.158. The zero-order valence-corrected chi connectivity index (χ0v) is 13.7. The molecule has 0 fully saturated rings. The van der Waals surface area contributed by atoms with Crippen LogP contribution in [-0.2, 0) is 17.8 Å². The lowest BCUT2D eigenvalue weighted by molar-refractivity contribution is -0.124. The van der Waals surface area contributed by atoms with Crippen molar-refractivity contribution < 1.29 is 10.0 Å². The number of benzene rings is 1. The third-order valence-corrected chi connectivity index (χ3v) is 3.97. The van der Waals surface area contributed by atoms with Crippen LogP contribution < -0.4 is 10.8 Å².